The Labute approximate surface area is 212 Å². The normalized spacial score (nSPS) is 25.1. The molecule has 1 aliphatic carbocycles. The molecule has 2 aliphatic rings. The van der Waals surface area contributed by atoms with E-state index in [9.17, 15) is 60.3 Å². The Balaban J connectivity index is 0.00000361. The summed E-state index contributed by atoms with van der Waals surface area (Å²) < 4.78 is 5.30. The third-order valence-electron chi connectivity index (χ3n) is 6.33. The average Bonchev–Trinajstić information content (AvgIpc) is 2.79. The van der Waals surface area contributed by atoms with E-state index in [0.29, 0.717) is 6.07 Å². The zero-order valence-electron chi connectivity index (χ0n) is 17.8. The Kier molecular flexibility index (Phi) is 7.10. The van der Waals surface area contributed by atoms with Gasteiger partial charge in [0, 0.05) is 11.1 Å². The zero-order valence-corrected chi connectivity index (χ0v) is 17.8. The highest BCUT2D eigenvalue weighted by Gasteiger charge is 2.48. The second-order valence-electron chi connectivity index (χ2n) is 8.24. The summed E-state index contributed by atoms with van der Waals surface area (Å²) in [7, 11) is 0. The van der Waals surface area contributed by atoms with Crippen molar-refractivity contribution in [3.05, 3.63) is 45.0 Å². The number of carboxylic acids is 1. The van der Waals surface area contributed by atoms with Gasteiger partial charge < -0.3 is 50.7 Å². The quantitative estimate of drug-likeness (QED) is 0.0993. The van der Waals surface area contributed by atoms with Crippen molar-refractivity contribution in [2.75, 3.05) is 6.61 Å². The fourth-order valence-corrected chi connectivity index (χ4v) is 4.58. The Morgan fingerprint density at radius 3 is 2.03 bits per heavy atom. The molecule has 0 spiro atoms. The van der Waals surface area contributed by atoms with Crippen LogP contribution in [0, 0.1) is 6.92 Å². The minimum atomic E-state index is -2.03. The predicted octanol–water partition coefficient (Wildman–Crippen LogP) is -2.38. The highest BCUT2D eigenvalue weighted by Crippen LogP contribution is 2.52. The van der Waals surface area contributed by atoms with Crippen molar-refractivity contribution in [2.24, 2.45) is 0 Å². The van der Waals surface area contributed by atoms with Crippen LogP contribution in [0.2, 0.25) is 0 Å². The third-order valence-corrected chi connectivity index (χ3v) is 6.33. The molecule has 1 aliphatic heterocycles. The Bertz CT molecular complexity index is 1300. The number of hydrogen-bond donors (Lipinski definition) is 9. The van der Waals surface area contributed by atoms with Gasteiger partial charge in [-0.05, 0) is 18.6 Å². The van der Waals surface area contributed by atoms with Crippen molar-refractivity contribution < 1.29 is 65.1 Å². The Hall–Kier alpha value is -3.22. The number of phenolic OH excluding ortho intramolecular Hbond substituents is 3. The number of ether oxygens (including phenoxy) is 1. The second kappa shape index (κ2) is 9.34. The number of ketones is 2. The van der Waals surface area contributed by atoms with E-state index < -0.39 is 111 Å². The number of aliphatic hydroxyl groups excluding tert-OH is 4. The average molecular weight is 522 g/mol. The Morgan fingerprint density at radius 1 is 0.889 bits per heavy atom. The molecule has 0 amide bonds. The van der Waals surface area contributed by atoms with Crippen LogP contribution in [-0.4, -0.2) is 112 Å². The number of phenols is 4. The number of aromatic hydroxyl groups is 4. The molecule has 0 bridgehead atoms. The molecule has 5 atom stereocenters. The highest BCUT2D eigenvalue weighted by molar-refractivity contribution is 6.31. The topological polar surface area (TPSA) is 243 Å². The minimum Gasteiger partial charge on any atom is -0.507 e. The van der Waals surface area contributed by atoms with Crippen molar-refractivity contribution in [2.45, 2.75) is 37.4 Å². The molecule has 13 nitrogen and oxygen atoms in total. The first-order valence-corrected chi connectivity index (χ1v) is 10.2. The number of carbonyl (C=O) groups is 3. The van der Waals surface area contributed by atoms with Gasteiger partial charge in [-0.2, -0.15) is 0 Å². The van der Waals surface area contributed by atoms with Crippen molar-refractivity contribution in [3.63, 3.8) is 0 Å². The van der Waals surface area contributed by atoms with Gasteiger partial charge in [-0.1, -0.05) is 0 Å². The maximum atomic E-state index is 13.4. The van der Waals surface area contributed by atoms with Gasteiger partial charge in [0.1, 0.15) is 47.6 Å². The highest BCUT2D eigenvalue weighted by atomic mass is 27.0. The van der Waals surface area contributed by atoms with Gasteiger partial charge in [-0.15, -0.1) is 0 Å². The van der Waals surface area contributed by atoms with Crippen molar-refractivity contribution >= 4 is 34.9 Å². The lowest BCUT2D eigenvalue weighted by atomic mass is 9.77. The monoisotopic (exact) mass is 522 g/mol. The summed E-state index contributed by atoms with van der Waals surface area (Å²) in [5, 5.41) is 91.5. The predicted molar refractivity (Wildman–Crippen MR) is 121 cm³/mol. The number of carboxylic acid groups (broad SMARTS) is 1. The summed E-state index contributed by atoms with van der Waals surface area (Å²) in [5.74, 6) is -8.24. The van der Waals surface area contributed by atoms with Crippen LogP contribution in [0.15, 0.2) is 6.07 Å². The van der Waals surface area contributed by atoms with Crippen LogP contribution in [0.4, 0.5) is 0 Å². The van der Waals surface area contributed by atoms with Gasteiger partial charge in [0.05, 0.1) is 23.3 Å². The van der Waals surface area contributed by atoms with Crippen LogP contribution >= 0.6 is 0 Å². The number of benzene rings is 2. The lowest BCUT2D eigenvalue weighted by molar-refractivity contribution is -0.232. The number of aliphatic hydroxyl groups is 4. The van der Waals surface area contributed by atoms with Gasteiger partial charge in [0.25, 0.3) is 0 Å². The van der Waals surface area contributed by atoms with Gasteiger partial charge in [0.15, 0.2) is 40.4 Å². The molecule has 2 aromatic rings. The van der Waals surface area contributed by atoms with Gasteiger partial charge >= 0.3 is 5.97 Å². The van der Waals surface area contributed by atoms with Crippen LogP contribution in [-0.2, 0) is 4.74 Å². The van der Waals surface area contributed by atoms with E-state index >= 15 is 0 Å². The lowest BCUT2D eigenvalue weighted by Crippen LogP contribution is -2.55. The first-order chi connectivity index (χ1) is 16.3. The fraction of sp³-hybridized carbons (Fsp3) is 0.318. The zero-order chi connectivity index (χ0) is 26.1. The smallest absolute Gasteiger partial charge is 0.339 e. The molecule has 1 saturated heterocycles. The van der Waals surface area contributed by atoms with Gasteiger partial charge in [-0.3, -0.25) is 9.59 Å². The summed E-state index contributed by atoms with van der Waals surface area (Å²) in [6.45, 7) is 0.291. The molecule has 0 aromatic heterocycles. The second-order valence-corrected chi connectivity index (χ2v) is 8.24. The van der Waals surface area contributed by atoms with Crippen LogP contribution < -0.4 is 0 Å². The number of carbonyl (C=O) groups excluding carboxylic acids is 2. The van der Waals surface area contributed by atoms with E-state index in [1.807, 2.05) is 0 Å². The molecule has 1 fully saturated rings. The van der Waals surface area contributed by atoms with Crippen molar-refractivity contribution in [3.8, 4) is 23.0 Å². The van der Waals surface area contributed by atoms with E-state index in [4.69, 9.17) is 4.74 Å². The molecule has 2 aromatic carbocycles. The van der Waals surface area contributed by atoms with E-state index in [2.05, 4.69) is 0 Å². The third kappa shape index (κ3) is 3.63. The summed E-state index contributed by atoms with van der Waals surface area (Å²) in [4.78, 5) is 38.1. The number of aromatic carboxylic acids is 1. The number of rotatable bonds is 3. The number of hydrogen-bond acceptors (Lipinski definition) is 12. The summed E-state index contributed by atoms with van der Waals surface area (Å²) in [6.07, 6.45) is -9.12. The van der Waals surface area contributed by atoms with Crippen LogP contribution in [0.3, 0.4) is 0 Å². The largest absolute Gasteiger partial charge is 0.507 e. The molecule has 192 valence electrons. The molecule has 0 radical (unpaired) electrons. The number of fused-ring (bicyclic) bond motifs is 2. The summed E-state index contributed by atoms with van der Waals surface area (Å²) in [6, 6.07) is 0.716. The fourth-order valence-electron chi connectivity index (χ4n) is 4.58. The molecule has 1 heterocycles. The molecule has 4 rings (SSSR count). The Morgan fingerprint density at radius 2 is 1.47 bits per heavy atom. The van der Waals surface area contributed by atoms with Gasteiger partial charge in [-0.25, -0.2) is 4.79 Å². The van der Waals surface area contributed by atoms with Gasteiger partial charge in [0.2, 0.25) is 0 Å². The van der Waals surface area contributed by atoms with Crippen LogP contribution in [0.25, 0.3) is 0 Å². The molecular weight excluding hydrogens is 499 g/mol. The van der Waals surface area contributed by atoms with Crippen LogP contribution in [0.5, 0.6) is 23.0 Å². The molecule has 36 heavy (non-hydrogen) atoms. The maximum Gasteiger partial charge on any atom is 0.339 e. The maximum absolute atomic E-state index is 13.4. The first kappa shape index (κ1) is 27.4. The standard InChI is InChI=1S/C22H20O13.Al.3H/c1-4-8-5(2-6(24)9(4)22(33)34)13(25)10-11(15(8)27)16(28)12(18(30)17(10)29)21-20(32)19(31)14(26)7(3-23)35-21;;;;/h2,7,14,19-21,23-24,26,28-32H,3H2,1H3,(H,33,34);;;;/t7-,14-,19+,20-,21+;;;;/m1..../s1. The van der Waals surface area contributed by atoms with Crippen molar-refractivity contribution in [1.29, 1.82) is 0 Å². The summed E-state index contributed by atoms with van der Waals surface area (Å²) in [5.41, 5.74) is -4.49. The van der Waals surface area contributed by atoms with Crippen LogP contribution in [0.1, 0.15) is 59.4 Å². The van der Waals surface area contributed by atoms with E-state index in [1.54, 1.807) is 0 Å². The minimum absolute atomic E-state index is 0. The molecule has 0 saturated carbocycles. The first-order valence-electron chi connectivity index (χ1n) is 10.2. The van der Waals surface area contributed by atoms with E-state index in [0.717, 1.165) is 6.92 Å². The molecule has 9 N–H and O–H groups in total. The van der Waals surface area contributed by atoms with Crippen molar-refractivity contribution in [1.82, 2.24) is 0 Å². The molecular formula is C22H23AlO13. The van der Waals surface area contributed by atoms with E-state index in [-0.39, 0.29) is 22.9 Å². The molecule has 14 heteroatoms. The summed E-state index contributed by atoms with van der Waals surface area (Å²) >= 11 is 0. The van der Waals surface area contributed by atoms with E-state index in [1.165, 1.54) is 0 Å². The molecule has 0 unspecified atom stereocenters. The lowest BCUT2D eigenvalue weighted by Gasteiger charge is -2.40. The SMILES string of the molecule is Cc1c(C(=O)O)c(O)cc2c1C(=O)c1c(O)c([C@@H]3O[C@H](CO)[C@@H](O)[C@H](O)[C@H]3O)c(O)c(O)c1C2=O.[AlH3].